The molecule has 1 saturated heterocycles. The number of aromatic carboxylic acids is 1. The van der Waals surface area contributed by atoms with Gasteiger partial charge >= 0.3 is 5.97 Å². The van der Waals surface area contributed by atoms with Gasteiger partial charge in [0.15, 0.2) is 5.69 Å². The van der Waals surface area contributed by atoms with Gasteiger partial charge in [-0.15, -0.1) is 5.10 Å². The number of nitrogens with one attached hydrogen (secondary N) is 2. The summed E-state index contributed by atoms with van der Waals surface area (Å²) in [7, 11) is 0. The van der Waals surface area contributed by atoms with E-state index in [2.05, 4.69) is 27.7 Å². The number of H-pyrrole nitrogens is 1. The van der Waals surface area contributed by atoms with Crippen LogP contribution >= 0.6 is 0 Å². The second-order valence-electron chi connectivity index (χ2n) is 3.94. The molecule has 2 heterocycles. The van der Waals surface area contributed by atoms with Crippen molar-refractivity contribution < 1.29 is 9.90 Å². The van der Waals surface area contributed by atoms with E-state index in [9.17, 15) is 4.79 Å². The van der Waals surface area contributed by atoms with E-state index in [1.165, 1.54) is 0 Å². The lowest BCUT2D eigenvalue weighted by Gasteiger charge is -2.28. The third-order valence-corrected chi connectivity index (χ3v) is 2.91. The Morgan fingerprint density at radius 2 is 2.33 bits per heavy atom. The van der Waals surface area contributed by atoms with E-state index in [1.54, 1.807) is 0 Å². The largest absolute Gasteiger partial charge is 0.476 e. The van der Waals surface area contributed by atoms with Crippen LogP contribution in [0.1, 0.15) is 35.4 Å². The average Bonchev–Trinajstić information content (AvgIpc) is 2.67. The van der Waals surface area contributed by atoms with Crippen molar-refractivity contribution in [3.05, 3.63) is 11.4 Å². The van der Waals surface area contributed by atoms with Crippen molar-refractivity contribution in [3.8, 4) is 0 Å². The Morgan fingerprint density at radius 3 is 3.00 bits per heavy atom. The maximum absolute atomic E-state index is 10.9. The first-order valence-corrected chi connectivity index (χ1v) is 5.05. The van der Waals surface area contributed by atoms with Crippen molar-refractivity contribution >= 4 is 5.97 Å². The first-order chi connectivity index (χ1) is 7.20. The van der Waals surface area contributed by atoms with Gasteiger partial charge in [-0.3, -0.25) is 0 Å². The fourth-order valence-corrected chi connectivity index (χ4v) is 2.08. The molecule has 2 unspecified atom stereocenters. The molecule has 1 aromatic heterocycles. The minimum atomic E-state index is -1.01. The number of rotatable bonds is 2. The van der Waals surface area contributed by atoms with Gasteiger partial charge < -0.3 is 10.4 Å². The molecular weight excluding hydrogens is 196 g/mol. The Kier molecular flexibility index (Phi) is 2.68. The predicted octanol–water partition coefficient (Wildman–Crippen LogP) is 0.216. The van der Waals surface area contributed by atoms with Gasteiger partial charge in [0.25, 0.3) is 0 Å². The zero-order valence-corrected chi connectivity index (χ0v) is 8.53. The van der Waals surface area contributed by atoms with Gasteiger partial charge in [-0.2, -0.15) is 10.3 Å². The van der Waals surface area contributed by atoms with Gasteiger partial charge in [-0.05, 0) is 25.4 Å². The van der Waals surface area contributed by atoms with Gasteiger partial charge in [0.05, 0.1) is 0 Å². The van der Waals surface area contributed by atoms with Crippen molar-refractivity contribution in [2.75, 3.05) is 13.1 Å². The normalized spacial score (nSPS) is 26.5. The molecule has 0 amide bonds. The SMILES string of the molecule is CC1CNCCC1c1n[nH]nc1C(=O)O. The highest BCUT2D eigenvalue weighted by Crippen LogP contribution is 2.29. The van der Waals surface area contributed by atoms with Crippen LogP contribution in [0.15, 0.2) is 0 Å². The molecule has 2 rings (SSSR count). The molecule has 15 heavy (non-hydrogen) atoms. The topological polar surface area (TPSA) is 90.9 Å². The minimum absolute atomic E-state index is 0.0637. The van der Waals surface area contributed by atoms with Crippen LogP contribution in [-0.2, 0) is 0 Å². The number of carboxylic acids is 1. The first-order valence-electron chi connectivity index (χ1n) is 5.05. The maximum atomic E-state index is 10.9. The minimum Gasteiger partial charge on any atom is -0.476 e. The van der Waals surface area contributed by atoms with Crippen molar-refractivity contribution in [1.82, 2.24) is 20.7 Å². The number of aromatic nitrogens is 3. The molecular formula is C9H14N4O2. The van der Waals surface area contributed by atoms with Crippen molar-refractivity contribution in [2.24, 2.45) is 5.92 Å². The molecule has 2 atom stereocenters. The quantitative estimate of drug-likeness (QED) is 0.649. The molecule has 6 nitrogen and oxygen atoms in total. The van der Waals surface area contributed by atoms with Gasteiger partial charge in [0, 0.05) is 5.92 Å². The second-order valence-corrected chi connectivity index (χ2v) is 3.94. The Hall–Kier alpha value is -1.43. The van der Waals surface area contributed by atoms with Gasteiger partial charge in [-0.1, -0.05) is 6.92 Å². The molecule has 0 spiro atoms. The van der Waals surface area contributed by atoms with Gasteiger partial charge in [0.1, 0.15) is 5.69 Å². The molecule has 0 radical (unpaired) electrons. The number of carbonyl (C=O) groups is 1. The molecule has 0 saturated carbocycles. The zero-order valence-electron chi connectivity index (χ0n) is 8.53. The summed E-state index contributed by atoms with van der Waals surface area (Å²) in [5.41, 5.74) is 0.658. The summed E-state index contributed by atoms with van der Waals surface area (Å²) in [5.74, 6) is -0.428. The monoisotopic (exact) mass is 210 g/mol. The third-order valence-electron chi connectivity index (χ3n) is 2.91. The molecule has 1 aliphatic rings. The number of nitrogens with zero attached hydrogens (tertiary/aromatic N) is 2. The Bertz CT molecular complexity index is 363. The first kappa shape index (κ1) is 10.1. The molecule has 1 aromatic rings. The molecule has 6 heteroatoms. The summed E-state index contributed by atoms with van der Waals surface area (Å²) >= 11 is 0. The average molecular weight is 210 g/mol. The summed E-state index contributed by atoms with van der Waals surface area (Å²) in [6.45, 7) is 3.90. The predicted molar refractivity (Wildman–Crippen MR) is 52.7 cm³/mol. The van der Waals surface area contributed by atoms with Crippen LogP contribution in [0.25, 0.3) is 0 Å². The van der Waals surface area contributed by atoms with Gasteiger partial charge in [-0.25, -0.2) is 4.79 Å². The molecule has 82 valence electrons. The number of hydrogen-bond acceptors (Lipinski definition) is 4. The van der Waals surface area contributed by atoms with E-state index in [1.807, 2.05) is 0 Å². The van der Waals surface area contributed by atoms with Crippen LogP contribution in [0.4, 0.5) is 0 Å². The lowest BCUT2D eigenvalue weighted by molar-refractivity contribution is 0.0687. The van der Waals surface area contributed by atoms with E-state index >= 15 is 0 Å². The highest BCUT2D eigenvalue weighted by molar-refractivity contribution is 5.86. The maximum Gasteiger partial charge on any atom is 0.358 e. The van der Waals surface area contributed by atoms with E-state index in [0.29, 0.717) is 11.6 Å². The summed E-state index contributed by atoms with van der Waals surface area (Å²) in [4.78, 5) is 10.9. The van der Waals surface area contributed by atoms with Crippen LogP contribution < -0.4 is 5.32 Å². The number of aromatic amines is 1. The Morgan fingerprint density at radius 1 is 1.53 bits per heavy atom. The number of piperidine rings is 1. The van der Waals surface area contributed by atoms with Crippen LogP contribution in [0.2, 0.25) is 0 Å². The summed E-state index contributed by atoms with van der Waals surface area (Å²) in [5, 5.41) is 22.2. The smallest absolute Gasteiger partial charge is 0.358 e. The van der Waals surface area contributed by atoms with Crippen LogP contribution in [-0.4, -0.2) is 39.6 Å². The summed E-state index contributed by atoms with van der Waals surface area (Å²) < 4.78 is 0. The standard InChI is InChI=1S/C9H14N4O2/c1-5-4-10-3-2-6(5)7-8(9(14)15)12-13-11-7/h5-6,10H,2-4H2,1H3,(H,14,15)(H,11,12,13). The highest BCUT2D eigenvalue weighted by Gasteiger charge is 2.29. The fourth-order valence-electron chi connectivity index (χ4n) is 2.08. The van der Waals surface area contributed by atoms with E-state index in [-0.39, 0.29) is 11.6 Å². The van der Waals surface area contributed by atoms with Gasteiger partial charge in [0.2, 0.25) is 0 Å². The van der Waals surface area contributed by atoms with E-state index in [0.717, 1.165) is 19.5 Å². The third kappa shape index (κ3) is 1.85. The van der Waals surface area contributed by atoms with Crippen molar-refractivity contribution in [3.63, 3.8) is 0 Å². The molecule has 1 aliphatic heterocycles. The molecule has 0 aromatic carbocycles. The van der Waals surface area contributed by atoms with E-state index in [4.69, 9.17) is 5.11 Å². The highest BCUT2D eigenvalue weighted by atomic mass is 16.4. The Balaban J connectivity index is 2.27. The molecule has 0 bridgehead atoms. The zero-order chi connectivity index (χ0) is 10.8. The van der Waals surface area contributed by atoms with Crippen molar-refractivity contribution in [1.29, 1.82) is 0 Å². The van der Waals surface area contributed by atoms with E-state index < -0.39 is 5.97 Å². The summed E-state index contributed by atoms with van der Waals surface area (Å²) in [6.07, 6.45) is 0.911. The van der Waals surface area contributed by atoms with Crippen LogP contribution in [0, 0.1) is 5.92 Å². The molecule has 0 aliphatic carbocycles. The van der Waals surface area contributed by atoms with Crippen LogP contribution in [0.3, 0.4) is 0 Å². The van der Waals surface area contributed by atoms with Crippen LogP contribution in [0.5, 0.6) is 0 Å². The number of hydrogen-bond donors (Lipinski definition) is 3. The lowest BCUT2D eigenvalue weighted by Crippen LogP contribution is -2.34. The molecule has 3 N–H and O–H groups in total. The fraction of sp³-hybridized carbons (Fsp3) is 0.667. The summed E-state index contributed by atoms with van der Waals surface area (Å²) in [6, 6.07) is 0. The number of carboxylic acid groups (broad SMARTS) is 1. The van der Waals surface area contributed by atoms with Crippen molar-refractivity contribution in [2.45, 2.75) is 19.3 Å². The Labute approximate surface area is 87.1 Å². The second kappa shape index (κ2) is 3.98. The molecule has 1 fully saturated rings. The lowest BCUT2D eigenvalue weighted by atomic mass is 9.84.